The third-order valence-corrected chi connectivity index (χ3v) is 3.24. The van der Waals surface area contributed by atoms with E-state index in [1.807, 2.05) is 13.8 Å². The van der Waals surface area contributed by atoms with Crippen LogP contribution in [0.25, 0.3) is 0 Å². The second-order valence-corrected chi connectivity index (χ2v) is 5.51. The molecule has 10 heteroatoms. The molecule has 0 aliphatic rings. The van der Waals surface area contributed by atoms with Crippen LogP contribution in [-0.4, -0.2) is 41.9 Å². The van der Waals surface area contributed by atoms with E-state index in [4.69, 9.17) is 0 Å². The van der Waals surface area contributed by atoms with Crippen LogP contribution in [0.5, 0.6) is 5.75 Å². The highest BCUT2D eigenvalue weighted by atomic mass is 19.4. The summed E-state index contributed by atoms with van der Waals surface area (Å²) >= 11 is 0. The minimum absolute atomic E-state index is 0.0732. The van der Waals surface area contributed by atoms with E-state index < -0.39 is 18.0 Å². The highest BCUT2D eigenvalue weighted by Crippen LogP contribution is 2.23. The van der Waals surface area contributed by atoms with Gasteiger partial charge in [0.15, 0.2) is 0 Å². The molecule has 0 fully saturated rings. The smallest absolute Gasteiger partial charge is 0.406 e. The Balaban J connectivity index is 1.85. The summed E-state index contributed by atoms with van der Waals surface area (Å²) in [7, 11) is 0. The molecule has 7 nitrogen and oxygen atoms in total. The van der Waals surface area contributed by atoms with E-state index in [2.05, 4.69) is 30.7 Å². The van der Waals surface area contributed by atoms with Crippen LogP contribution in [0.4, 0.5) is 24.9 Å². The highest BCUT2D eigenvalue weighted by molar-refractivity contribution is 5.94. The number of alkyl halides is 3. The molecule has 1 aromatic heterocycles. The van der Waals surface area contributed by atoms with Gasteiger partial charge in [0, 0.05) is 37.0 Å². The van der Waals surface area contributed by atoms with E-state index in [0.29, 0.717) is 24.9 Å². The van der Waals surface area contributed by atoms with Crippen LogP contribution in [0, 0.1) is 6.92 Å². The van der Waals surface area contributed by atoms with E-state index >= 15 is 0 Å². The van der Waals surface area contributed by atoms with Crippen molar-refractivity contribution in [3.8, 4) is 5.75 Å². The van der Waals surface area contributed by atoms with E-state index in [0.717, 1.165) is 17.8 Å². The molecule has 0 aliphatic heterocycles. The minimum atomic E-state index is -4.81. The first-order chi connectivity index (χ1) is 12.8. The number of aromatic nitrogens is 2. The number of hydrogen-bond donors (Lipinski definition) is 3. The molecule has 1 heterocycles. The molecule has 146 valence electrons. The van der Waals surface area contributed by atoms with Crippen molar-refractivity contribution in [3.05, 3.63) is 41.6 Å². The topological polar surface area (TPSA) is 88.2 Å². The summed E-state index contributed by atoms with van der Waals surface area (Å²) in [4.78, 5) is 20.6. The van der Waals surface area contributed by atoms with Gasteiger partial charge in [-0.15, -0.1) is 13.2 Å². The number of anilines is 2. The van der Waals surface area contributed by atoms with Crippen molar-refractivity contribution in [2.75, 3.05) is 30.3 Å². The molecule has 2 rings (SSSR count). The van der Waals surface area contributed by atoms with E-state index in [9.17, 15) is 18.0 Å². The Labute approximate surface area is 154 Å². The standard InChI is InChI=1S/C17H20F3N5O2/c1-3-21-16-24-11(2)9-14(25-16)22-7-8-23-15(26)12-5-4-6-13(10-12)27-17(18,19)20/h4-6,9-10H,3,7-8H2,1-2H3,(H,23,26)(H2,21,22,24,25). The maximum absolute atomic E-state index is 12.2. The molecule has 0 saturated carbocycles. The summed E-state index contributed by atoms with van der Waals surface area (Å²) in [6.07, 6.45) is -4.81. The Morgan fingerprint density at radius 3 is 2.63 bits per heavy atom. The van der Waals surface area contributed by atoms with Crippen LogP contribution in [-0.2, 0) is 0 Å². The zero-order valence-electron chi connectivity index (χ0n) is 14.9. The molecule has 0 bridgehead atoms. The Morgan fingerprint density at radius 2 is 1.93 bits per heavy atom. The molecule has 0 spiro atoms. The average Bonchev–Trinajstić information content (AvgIpc) is 2.57. The summed E-state index contributed by atoms with van der Waals surface area (Å²) in [5.41, 5.74) is 0.859. The SMILES string of the molecule is CCNc1nc(C)cc(NCCNC(=O)c2cccc(OC(F)(F)F)c2)n1. The van der Waals surface area contributed by atoms with E-state index in [-0.39, 0.29) is 12.1 Å². The van der Waals surface area contributed by atoms with Gasteiger partial charge < -0.3 is 20.7 Å². The summed E-state index contributed by atoms with van der Waals surface area (Å²) < 4.78 is 40.5. The Kier molecular flexibility index (Phi) is 6.80. The quantitative estimate of drug-likeness (QED) is 0.608. The van der Waals surface area contributed by atoms with Gasteiger partial charge in [0.1, 0.15) is 11.6 Å². The van der Waals surface area contributed by atoms with Crippen molar-refractivity contribution < 1.29 is 22.7 Å². The number of nitrogens with zero attached hydrogens (tertiary/aromatic N) is 2. The van der Waals surface area contributed by atoms with Gasteiger partial charge in [-0.25, -0.2) is 4.98 Å². The maximum atomic E-state index is 12.2. The first kappa shape index (κ1) is 20.3. The molecule has 0 atom stereocenters. The molecule has 0 radical (unpaired) electrons. The zero-order chi connectivity index (χ0) is 19.9. The van der Waals surface area contributed by atoms with Crippen molar-refractivity contribution in [3.63, 3.8) is 0 Å². The number of benzene rings is 1. The average molecular weight is 383 g/mol. The summed E-state index contributed by atoms with van der Waals surface area (Å²) in [5.74, 6) is 0.163. The maximum Gasteiger partial charge on any atom is 0.573 e. The predicted molar refractivity (Wildman–Crippen MR) is 94.9 cm³/mol. The lowest BCUT2D eigenvalue weighted by atomic mass is 10.2. The molecular formula is C17H20F3N5O2. The normalized spacial score (nSPS) is 11.0. The van der Waals surface area contributed by atoms with Crippen molar-refractivity contribution >= 4 is 17.7 Å². The van der Waals surface area contributed by atoms with Gasteiger partial charge in [0.2, 0.25) is 5.95 Å². The van der Waals surface area contributed by atoms with Crippen LogP contribution in [0.2, 0.25) is 0 Å². The van der Waals surface area contributed by atoms with Gasteiger partial charge in [-0.1, -0.05) is 6.07 Å². The molecule has 0 aliphatic carbocycles. The molecule has 3 N–H and O–H groups in total. The van der Waals surface area contributed by atoms with Gasteiger partial charge in [0.25, 0.3) is 5.91 Å². The fraction of sp³-hybridized carbons (Fsp3) is 0.353. The lowest BCUT2D eigenvalue weighted by Crippen LogP contribution is -2.29. The fourth-order valence-electron chi connectivity index (χ4n) is 2.20. The van der Waals surface area contributed by atoms with Gasteiger partial charge in [0.05, 0.1) is 0 Å². The van der Waals surface area contributed by atoms with Crippen LogP contribution in [0.3, 0.4) is 0 Å². The lowest BCUT2D eigenvalue weighted by Gasteiger charge is -2.11. The monoisotopic (exact) mass is 383 g/mol. The number of ether oxygens (including phenoxy) is 1. The Morgan fingerprint density at radius 1 is 1.15 bits per heavy atom. The number of halogens is 3. The molecule has 0 unspecified atom stereocenters. The van der Waals surface area contributed by atoms with Crippen LogP contribution >= 0.6 is 0 Å². The van der Waals surface area contributed by atoms with Crippen molar-refractivity contribution in [1.29, 1.82) is 0 Å². The molecule has 27 heavy (non-hydrogen) atoms. The number of carbonyl (C=O) groups excluding carboxylic acids is 1. The minimum Gasteiger partial charge on any atom is -0.406 e. The lowest BCUT2D eigenvalue weighted by molar-refractivity contribution is -0.274. The third-order valence-electron chi connectivity index (χ3n) is 3.24. The van der Waals surface area contributed by atoms with Crippen LogP contribution in [0.1, 0.15) is 23.0 Å². The predicted octanol–water partition coefficient (Wildman–Crippen LogP) is 2.96. The van der Waals surface area contributed by atoms with E-state index in [1.54, 1.807) is 6.07 Å². The number of aryl methyl sites for hydroxylation is 1. The van der Waals surface area contributed by atoms with Crippen LogP contribution < -0.4 is 20.7 Å². The Hall–Kier alpha value is -3.04. The molecule has 2 aromatic rings. The fourth-order valence-corrected chi connectivity index (χ4v) is 2.20. The largest absolute Gasteiger partial charge is 0.573 e. The summed E-state index contributed by atoms with van der Waals surface area (Å²) in [6.45, 7) is 5.10. The first-order valence-electron chi connectivity index (χ1n) is 8.24. The summed E-state index contributed by atoms with van der Waals surface area (Å²) in [5, 5.41) is 8.69. The first-order valence-corrected chi connectivity index (χ1v) is 8.24. The van der Waals surface area contributed by atoms with Crippen molar-refractivity contribution in [2.24, 2.45) is 0 Å². The number of nitrogens with one attached hydrogen (secondary N) is 3. The second kappa shape index (κ2) is 9.06. The second-order valence-electron chi connectivity index (χ2n) is 5.51. The molecular weight excluding hydrogens is 363 g/mol. The van der Waals surface area contributed by atoms with Crippen molar-refractivity contribution in [2.45, 2.75) is 20.2 Å². The van der Waals surface area contributed by atoms with Crippen molar-refractivity contribution in [1.82, 2.24) is 15.3 Å². The molecule has 1 aromatic carbocycles. The Bertz CT molecular complexity index is 783. The highest BCUT2D eigenvalue weighted by Gasteiger charge is 2.31. The molecule has 0 saturated heterocycles. The van der Waals surface area contributed by atoms with E-state index in [1.165, 1.54) is 12.1 Å². The number of carbonyl (C=O) groups is 1. The number of rotatable bonds is 8. The molecule has 1 amide bonds. The van der Waals surface area contributed by atoms with Crippen LogP contribution in [0.15, 0.2) is 30.3 Å². The third kappa shape index (κ3) is 7.00. The zero-order valence-corrected chi connectivity index (χ0v) is 14.9. The van der Waals surface area contributed by atoms with Gasteiger partial charge in [-0.2, -0.15) is 4.98 Å². The van der Waals surface area contributed by atoms with Gasteiger partial charge in [-0.3, -0.25) is 4.79 Å². The summed E-state index contributed by atoms with van der Waals surface area (Å²) in [6, 6.07) is 6.65. The number of hydrogen-bond acceptors (Lipinski definition) is 6. The van der Waals surface area contributed by atoms with Gasteiger partial charge >= 0.3 is 6.36 Å². The van der Waals surface area contributed by atoms with Gasteiger partial charge in [-0.05, 0) is 32.0 Å². The number of amides is 1.